The minimum atomic E-state index is -0.946. The fourth-order valence-electron chi connectivity index (χ4n) is 3.48. The van der Waals surface area contributed by atoms with Crippen molar-refractivity contribution >= 4 is 11.6 Å². The largest absolute Gasteiger partial charge is 0.386 e. The lowest BCUT2D eigenvalue weighted by Crippen LogP contribution is -2.48. The Bertz CT molecular complexity index is 537. The second-order valence-corrected chi connectivity index (χ2v) is 7.51. The first kappa shape index (κ1) is 16.8. The lowest BCUT2D eigenvalue weighted by molar-refractivity contribution is -0.126. The van der Waals surface area contributed by atoms with Gasteiger partial charge in [-0.1, -0.05) is 18.5 Å². The van der Waals surface area contributed by atoms with Gasteiger partial charge in [-0.25, -0.2) is 0 Å². The van der Waals surface area contributed by atoms with Crippen LogP contribution >= 0.6 is 11.6 Å². The average molecular weight is 315 g/mol. The van der Waals surface area contributed by atoms with Gasteiger partial charge < -0.3 is 9.84 Å². The molecule has 4 nitrogen and oxygen atoms in total. The highest BCUT2D eigenvalue weighted by Gasteiger charge is 2.56. The van der Waals surface area contributed by atoms with Crippen molar-refractivity contribution in [3.8, 4) is 0 Å². The second-order valence-electron chi connectivity index (χ2n) is 7.13. The van der Waals surface area contributed by atoms with E-state index >= 15 is 0 Å². The van der Waals surface area contributed by atoms with Gasteiger partial charge in [-0.3, -0.25) is 4.68 Å². The van der Waals surface area contributed by atoms with Crippen LogP contribution in [0.4, 0.5) is 0 Å². The van der Waals surface area contributed by atoms with Gasteiger partial charge in [-0.05, 0) is 41.0 Å². The van der Waals surface area contributed by atoms with Crippen LogP contribution in [0, 0.1) is 0 Å². The third-order valence-corrected chi connectivity index (χ3v) is 4.96. The van der Waals surface area contributed by atoms with E-state index in [1.54, 1.807) is 0 Å². The van der Waals surface area contributed by atoms with Crippen molar-refractivity contribution in [1.82, 2.24) is 9.78 Å². The Balaban J connectivity index is 2.40. The van der Waals surface area contributed by atoms with Gasteiger partial charge in [-0.2, -0.15) is 5.10 Å². The summed E-state index contributed by atoms with van der Waals surface area (Å²) >= 11 is 6.48. The zero-order valence-electron chi connectivity index (χ0n) is 14.0. The fraction of sp³-hybridized carbons (Fsp3) is 0.812. The lowest BCUT2D eigenvalue weighted by atomic mass is 9.79. The topological polar surface area (TPSA) is 47.3 Å². The van der Waals surface area contributed by atoms with Crippen LogP contribution in [0.1, 0.15) is 59.4 Å². The molecule has 1 fully saturated rings. The van der Waals surface area contributed by atoms with E-state index in [0.717, 1.165) is 24.4 Å². The maximum absolute atomic E-state index is 11.2. The van der Waals surface area contributed by atoms with Crippen LogP contribution in [0.3, 0.4) is 0 Å². The molecule has 1 N–H and O–H groups in total. The van der Waals surface area contributed by atoms with Gasteiger partial charge in [0.2, 0.25) is 0 Å². The van der Waals surface area contributed by atoms with Gasteiger partial charge in [-0.15, -0.1) is 0 Å². The molecule has 2 heterocycles. The first-order chi connectivity index (χ1) is 9.55. The van der Waals surface area contributed by atoms with E-state index in [0.29, 0.717) is 17.9 Å². The third kappa shape index (κ3) is 2.86. The second kappa shape index (κ2) is 5.25. The molecule has 1 aliphatic rings. The van der Waals surface area contributed by atoms with Crippen molar-refractivity contribution in [1.29, 1.82) is 0 Å². The molecule has 0 aliphatic carbocycles. The molecule has 120 valence electrons. The number of aromatic nitrogens is 2. The molecule has 1 aromatic heterocycles. The molecule has 0 amide bonds. The summed E-state index contributed by atoms with van der Waals surface area (Å²) in [5, 5.41) is 16.4. The predicted octanol–water partition coefficient (Wildman–Crippen LogP) is 3.37. The number of rotatable bonds is 4. The van der Waals surface area contributed by atoms with Gasteiger partial charge in [0.25, 0.3) is 0 Å². The summed E-state index contributed by atoms with van der Waals surface area (Å²) in [4.78, 5) is 0. The van der Waals surface area contributed by atoms with E-state index in [9.17, 15) is 5.11 Å². The number of nitrogens with zero attached hydrogens (tertiary/aromatic N) is 2. The zero-order valence-corrected chi connectivity index (χ0v) is 14.7. The standard InChI is InChI=1S/C16H27ClN2O2/c1-7-11-13(17)12(19(8-2)18-11)9-16(20)10-14(3,4)21-15(16,5)6/h20H,7-10H2,1-6H3. The van der Waals surface area contributed by atoms with Gasteiger partial charge in [0, 0.05) is 19.4 Å². The van der Waals surface area contributed by atoms with Crippen LogP contribution in [0.2, 0.25) is 5.02 Å². The summed E-state index contributed by atoms with van der Waals surface area (Å²) < 4.78 is 7.95. The highest BCUT2D eigenvalue weighted by atomic mass is 35.5. The molecule has 0 saturated carbocycles. The molecule has 5 heteroatoms. The maximum Gasteiger partial charge on any atom is 0.101 e. The molecular formula is C16H27ClN2O2. The summed E-state index contributed by atoms with van der Waals surface area (Å²) in [5.41, 5.74) is -0.0938. The van der Waals surface area contributed by atoms with Crippen LogP contribution in [0.5, 0.6) is 0 Å². The number of hydrogen-bond acceptors (Lipinski definition) is 3. The smallest absolute Gasteiger partial charge is 0.101 e. The summed E-state index contributed by atoms with van der Waals surface area (Å²) in [6.45, 7) is 12.8. The van der Waals surface area contributed by atoms with Crippen LogP contribution in [0.25, 0.3) is 0 Å². The van der Waals surface area contributed by atoms with Crippen LogP contribution < -0.4 is 0 Å². The quantitative estimate of drug-likeness (QED) is 0.927. The molecule has 1 saturated heterocycles. The molecule has 2 rings (SSSR count). The molecule has 1 aliphatic heterocycles. The molecule has 0 aromatic carbocycles. The predicted molar refractivity (Wildman–Crippen MR) is 84.8 cm³/mol. The van der Waals surface area contributed by atoms with E-state index in [1.807, 2.05) is 46.2 Å². The van der Waals surface area contributed by atoms with Crippen molar-refractivity contribution in [2.75, 3.05) is 0 Å². The van der Waals surface area contributed by atoms with Crippen molar-refractivity contribution in [2.24, 2.45) is 0 Å². The van der Waals surface area contributed by atoms with E-state index in [-0.39, 0.29) is 5.60 Å². The van der Waals surface area contributed by atoms with Gasteiger partial charge in [0.15, 0.2) is 0 Å². The Hall–Kier alpha value is -0.580. The number of halogens is 1. The molecule has 0 radical (unpaired) electrons. The molecule has 1 aromatic rings. The molecule has 1 unspecified atom stereocenters. The van der Waals surface area contributed by atoms with Crippen molar-refractivity contribution < 1.29 is 9.84 Å². The minimum Gasteiger partial charge on any atom is -0.386 e. The van der Waals surface area contributed by atoms with E-state index in [2.05, 4.69) is 5.10 Å². The van der Waals surface area contributed by atoms with E-state index in [4.69, 9.17) is 16.3 Å². The maximum atomic E-state index is 11.2. The summed E-state index contributed by atoms with van der Waals surface area (Å²) in [7, 11) is 0. The van der Waals surface area contributed by atoms with Crippen LogP contribution in [-0.4, -0.2) is 31.7 Å². The Labute approximate surface area is 132 Å². The number of aliphatic hydroxyl groups is 1. The zero-order chi connectivity index (χ0) is 16.1. The Morgan fingerprint density at radius 1 is 1.29 bits per heavy atom. The Morgan fingerprint density at radius 2 is 1.90 bits per heavy atom. The fourth-order valence-corrected chi connectivity index (χ4v) is 3.81. The monoisotopic (exact) mass is 314 g/mol. The normalized spacial score (nSPS) is 27.2. The van der Waals surface area contributed by atoms with Gasteiger partial charge in [0.1, 0.15) is 5.60 Å². The lowest BCUT2D eigenvalue weighted by Gasteiger charge is -2.35. The SMILES string of the molecule is CCc1nn(CC)c(CC2(O)CC(C)(C)OC2(C)C)c1Cl. The molecule has 1 atom stereocenters. The molecule has 0 spiro atoms. The molecule has 0 bridgehead atoms. The van der Waals surface area contributed by atoms with E-state index < -0.39 is 11.2 Å². The Kier molecular flexibility index (Phi) is 4.20. The first-order valence-corrected chi connectivity index (χ1v) is 8.09. The summed E-state index contributed by atoms with van der Waals surface area (Å²) in [6, 6.07) is 0. The minimum absolute atomic E-state index is 0.338. The summed E-state index contributed by atoms with van der Waals surface area (Å²) in [5.74, 6) is 0. The number of hydrogen-bond donors (Lipinski definition) is 1. The first-order valence-electron chi connectivity index (χ1n) is 7.72. The van der Waals surface area contributed by atoms with E-state index in [1.165, 1.54) is 0 Å². The van der Waals surface area contributed by atoms with Crippen molar-refractivity contribution in [3.63, 3.8) is 0 Å². The van der Waals surface area contributed by atoms with Crippen molar-refractivity contribution in [3.05, 3.63) is 16.4 Å². The molecular weight excluding hydrogens is 288 g/mol. The van der Waals surface area contributed by atoms with Gasteiger partial charge >= 0.3 is 0 Å². The van der Waals surface area contributed by atoms with Crippen molar-refractivity contribution in [2.45, 2.75) is 84.2 Å². The third-order valence-electron chi connectivity index (χ3n) is 4.52. The molecule has 21 heavy (non-hydrogen) atoms. The Morgan fingerprint density at radius 3 is 2.33 bits per heavy atom. The highest BCUT2D eigenvalue weighted by molar-refractivity contribution is 6.31. The number of ether oxygens (including phenoxy) is 1. The van der Waals surface area contributed by atoms with Crippen LogP contribution in [-0.2, 0) is 24.1 Å². The average Bonchev–Trinajstić information content (AvgIpc) is 2.71. The van der Waals surface area contributed by atoms with Crippen LogP contribution in [0.15, 0.2) is 0 Å². The summed E-state index contributed by atoms with van der Waals surface area (Å²) in [6.07, 6.45) is 1.84. The highest BCUT2D eigenvalue weighted by Crippen LogP contribution is 2.47. The van der Waals surface area contributed by atoms with Gasteiger partial charge in [0.05, 0.1) is 27.6 Å². The number of aryl methyl sites for hydroxylation is 2.